The van der Waals surface area contributed by atoms with Crippen LogP contribution < -0.4 is 87.2 Å². The molecule has 3 rings (SSSR count). The van der Waals surface area contributed by atoms with Gasteiger partial charge in [-0.3, -0.25) is 52.7 Å². The second kappa shape index (κ2) is 41.5. The van der Waals surface area contributed by atoms with Crippen molar-refractivity contribution in [1.82, 2.24) is 58.5 Å². The zero-order valence-corrected chi connectivity index (χ0v) is 51.5. The molecule has 1 saturated heterocycles. The highest BCUT2D eigenvalue weighted by Crippen LogP contribution is 2.13. The van der Waals surface area contributed by atoms with Crippen molar-refractivity contribution in [2.75, 3.05) is 39.3 Å². The second-order valence-corrected chi connectivity index (χ2v) is 22.2. The molecule has 0 spiro atoms. The van der Waals surface area contributed by atoms with Crippen molar-refractivity contribution in [2.45, 2.75) is 196 Å². The number of carbonyl (C=O) groups is 11. The first-order chi connectivity index (χ1) is 42.6. The van der Waals surface area contributed by atoms with Gasteiger partial charge in [-0.15, -0.1) is 0 Å². The van der Waals surface area contributed by atoms with Crippen LogP contribution in [0.4, 0.5) is 0 Å². The van der Waals surface area contributed by atoms with Crippen LogP contribution in [0.25, 0.3) is 0 Å². The molecule has 0 radical (unpaired) electrons. The van der Waals surface area contributed by atoms with Crippen LogP contribution in [0.3, 0.4) is 0 Å². The summed E-state index contributed by atoms with van der Waals surface area (Å²) >= 11 is 0. The van der Waals surface area contributed by atoms with E-state index in [4.69, 9.17) is 28.7 Å². The number of aliphatic hydroxyl groups is 2. The van der Waals surface area contributed by atoms with Gasteiger partial charge < -0.3 is 97.4 Å². The third-order valence-corrected chi connectivity index (χ3v) is 14.8. The highest BCUT2D eigenvalue weighted by atomic mass is 16.3. The first-order valence-corrected chi connectivity index (χ1v) is 30.9. The molecule has 1 unspecified atom stereocenters. The molecule has 29 nitrogen and oxygen atoms in total. The first kappa shape index (κ1) is 75.6. The van der Waals surface area contributed by atoms with Crippen LogP contribution in [0.15, 0.2) is 60.7 Å². The summed E-state index contributed by atoms with van der Waals surface area (Å²) in [7, 11) is 0. The summed E-state index contributed by atoms with van der Waals surface area (Å²) in [5.74, 6) is -9.76. The molecule has 1 fully saturated rings. The number of carbonyl (C=O) groups excluding carboxylic acids is 11. The van der Waals surface area contributed by atoms with Crippen molar-refractivity contribution in [1.29, 1.82) is 0 Å². The maximum Gasteiger partial charge on any atom is 0.245 e. The van der Waals surface area contributed by atoms with Gasteiger partial charge in [0.1, 0.15) is 60.4 Å². The lowest BCUT2D eigenvalue weighted by atomic mass is 10.0. The lowest BCUT2D eigenvalue weighted by Crippen LogP contribution is -2.62. The van der Waals surface area contributed by atoms with Crippen LogP contribution in [0.5, 0.6) is 0 Å². The van der Waals surface area contributed by atoms with Gasteiger partial charge in [-0.1, -0.05) is 93.3 Å². The smallest absolute Gasteiger partial charge is 0.245 e. The number of aryl methyl sites for hydroxylation is 1. The van der Waals surface area contributed by atoms with Crippen LogP contribution in [0, 0.1) is 0 Å². The summed E-state index contributed by atoms with van der Waals surface area (Å²) in [5.41, 5.74) is 31.0. The van der Waals surface area contributed by atoms with Crippen molar-refractivity contribution in [2.24, 2.45) is 28.7 Å². The summed E-state index contributed by atoms with van der Waals surface area (Å²) < 4.78 is 0. The van der Waals surface area contributed by atoms with Gasteiger partial charge in [0.2, 0.25) is 65.0 Å². The van der Waals surface area contributed by atoms with Crippen LogP contribution >= 0.6 is 0 Å². The van der Waals surface area contributed by atoms with Gasteiger partial charge in [-0.2, -0.15) is 0 Å². The van der Waals surface area contributed by atoms with E-state index in [2.05, 4.69) is 65.4 Å². The number of benzene rings is 2. The molecule has 1 aliphatic heterocycles. The lowest BCUT2D eigenvalue weighted by Gasteiger charge is -2.28. The molecule has 89 heavy (non-hydrogen) atoms. The summed E-state index contributed by atoms with van der Waals surface area (Å²) in [5, 5.41) is 49.9. The molecule has 2 aromatic rings. The Morgan fingerprint density at radius 2 is 0.989 bits per heavy atom. The minimum absolute atomic E-state index is 0.0168. The first-order valence-electron chi connectivity index (χ1n) is 30.9. The molecule has 29 heteroatoms. The molecule has 2 aromatic carbocycles. The highest BCUT2D eigenvalue weighted by Gasteiger charge is 2.37. The number of hydrogen-bond donors (Lipinski definition) is 18. The monoisotopic (exact) mass is 1250 g/mol. The van der Waals surface area contributed by atoms with Crippen molar-refractivity contribution < 1.29 is 63.0 Å². The fraction of sp³-hybridized carbons (Fsp3) is 0.617. The third kappa shape index (κ3) is 27.3. The number of aliphatic hydroxyl groups excluding tert-OH is 2. The number of unbranched alkanes of at least 4 members (excludes halogenated alkanes) is 4. The quantitative estimate of drug-likeness (QED) is 0.0316. The van der Waals surface area contributed by atoms with E-state index in [1.165, 1.54) is 13.8 Å². The average molecular weight is 1250 g/mol. The summed E-state index contributed by atoms with van der Waals surface area (Å²) in [6.07, 6.45) is 0.764. The fourth-order valence-electron chi connectivity index (χ4n) is 9.75. The molecule has 23 N–H and O–H groups in total. The normalized spacial score (nSPS) is 21.9. The van der Waals surface area contributed by atoms with Gasteiger partial charge in [0.05, 0.1) is 12.2 Å². The Balaban J connectivity index is 2.10. The molecule has 12 atom stereocenters. The molecule has 496 valence electrons. The molecule has 1 heterocycles. The Hall–Kier alpha value is -7.67. The van der Waals surface area contributed by atoms with Crippen LogP contribution in [-0.2, 0) is 65.6 Å². The van der Waals surface area contributed by atoms with Crippen molar-refractivity contribution in [3.05, 3.63) is 71.8 Å². The Morgan fingerprint density at radius 3 is 1.49 bits per heavy atom. The van der Waals surface area contributed by atoms with Gasteiger partial charge in [0.25, 0.3) is 0 Å². The Kier molecular flexibility index (Phi) is 35.3. The average Bonchev–Trinajstić information content (AvgIpc) is 2.60. The number of rotatable bonds is 31. The topological polar surface area (TPSA) is 491 Å². The van der Waals surface area contributed by atoms with Gasteiger partial charge in [0, 0.05) is 19.4 Å². The molecular formula is C60H98N16O13. The summed E-state index contributed by atoms with van der Waals surface area (Å²) in [4.78, 5) is 155. The zero-order valence-electron chi connectivity index (χ0n) is 51.5. The number of amides is 11. The van der Waals surface area contributed by atoms with Gasteiger partial charge in [0.15, 0.2) is 0 Å². The van der Waals surface area contributed by atoms with Gasteiger partial charge in [-0.05, 0) is 122 Å². The SMILES string of the molecule is CCCCCCCC(=O)N[C@@H](CCN)C(=O)N[C@H](C(=O)N[C@@H](CCN)C(=O)N[C@H]1CCNC(=O)[C@H]([C@@H](C)O)NC(=O)[C@H](CCN)NC(=O)[C@H](CCN)NC(=O)C(CCCc2ccccc2)NC(=O)[C@@H](Cc2ccccc2)NC(=O)[C@@H](CCN)NC1=O)[C@H](C)O. The predicted molar refractivity (Wildman–Crippen MR) is 332 cm³/mol. The summed E-state index contributed by atoms with van der Waals surface area (Å²) in [6.45, 7) is 3.27. The zero-order chi connectivity index (χ0) is 65.8. The Labute approximate surface area is 520 Å². The number of nitrogens with two attached hydrogens (primary N) is 5. The molecule has 0 saturated carbocycles. The van der Waals surface area contributed by atoms with E-state index in [9.17, 15) is 63.0 Å². The fourth-order valence-corrected chi connectivity index (χ4v) is 9.75. The van der Waals surface area contributed by atoms with E-state index in [1.54, 1.807) is 30.3 Å². The minimum atomic E-state index is -1.70. The molecule has 0 aromatic heterocycles. The molecule has 0 aliphatic carbocycles. The second-order valence-electron chi connectivity index (χ2n) is 22.2. The van der Waals surface area contributed by atoms with E-state index in [0.29, 0.717) is 24.8 Å². The van der Waals surface area contributed by atoms with E-state index < -0.39 is 151 Å². The molecule has 11 amide bonds. The van der Waals surface area contributed by atoms with Crippen molar-refractivity contribution in [3.8, 4) is 0 Å². The largest absolute Gasteiger partial charge is 0.391 e. The Morgan fingerprint density at radius 1 is 0.517 bits per heavy atom. The lowest BCUT2D eigenvalue weighted by molar-refractivity contribution is -0.137. The summed E-state index contributed by atoms with van der Waals surface area (Å²) in [6, 6.07) is 2.99. The minimum Gasteiger partial charge on any atom is -0.391 e. The van der Waals surface area contributed by atoms with Gasteiger partial charge >= 0.3 is 0 Å². The number of nitrogens with one attached hydrogen (secondary N) is 11. The third-order valence-electron chi connectivity index (χ3n) is 14.8. The number of hydrogen-bond acceptors (Lipinski definition) is 18. The maximum atomic E-state index is 14.7. The van der Waals surface area contributed by atoms with Crippen LogP contribution in [0.1, 0.15) is 122 Å². The predicted octanol–water partition coefficient (Wildman–Crippen LogP) is -4.51. The molecule has 0 bridgehead atoms. The van der Waals surface area contributed by atoms with Crippen LogP contribution in [-0.4, -0.2) is 187 Å². The van der Waals surface area contributed by atoms with E-state index in [0.717, 1.165) is 31.2 Å². The van der Waals surface area contributed by atoms with Crippen LogP contribution in [0.2, 0.25) is 0 Å². The maximum absolute atomic E-state index is 14.7. The van der Waals surface area contributed by atoms with Crippen molar-refractivity contribution >= 4 is 65.0 Å². The molecule has 1 aliphatic rings. The van der Waals surface area contributed by atoms with E-state index in [-0.39, 0.29) is 84.1 Å². The van der Waals surface area contributed by atoms with E-state index >= 15 is 0 Å². The Bertz CT molecular complexity index is 2570. The van der Waals surface area contributed by atoms with Crippen molar-refractivity contribution in [3.63, 3.8) is 0 Å². The highest BCUT2D eigenvalue weighted by molar-refractivity contribution is 5.99. The standard InChI is InChI=1S/C60H98N16O13/c1-4-5-6-7-14-22-48(79)67-41(23-29-61)56(85)76-50(37(3)78)60(89)73-44(26-32-64)53(82)72-46-28-34-66-59(88)49(36(2)77)75-57(86)45(27-33-65)71-52(81)42(24-30-62)69-51(80)40(21-15-20-38-16-10-8-11-17-38)68-58(87)47(35-39-18-12-9-13-19-39)74-54(83)43(25-31-63)70-55(46)84/h8-13,16-19,36-37,40-47,49-50,77-78H,4-7,14-15,20-35,61-65H2,1-3H3,(H,66,88)(H,67,79)(H,68,87)(H,69,80)(H,70,84)(H,71,81)(H,72,82)(H,73,89)(H,74,83)(H,75,86)(H,76,85)/t36-,37+,40?,41+,42+,43-,44+,45+,46+,47-,49+,50+/m1/s1. The van der Waals surface area contributed by atoms with Gasteiger partial charge in [-0.25, -0.2) is 0 Å². The van der Waals surface area contributed by atoms with E-state index in [1.807, 2.05) is 30.3 Å². The molecular weight excluding hydrogens is 1150 g/mol.